The van der Waals surface area contributed by atoms with E-state index >= 15 is 0 Å². The Morgan fingerprint density at radius 3 is 2.38 bits per heavy atom. The van der Waals surface area contributed by atoms with Gasteiger partial charge in [0.05, 0.1) is 22.8 Å². The van der Waals surface area contributed by atoms with Gasteiger partial charge < -0.3 is 15.5 Å². The maximum Gasteiger partial charge on any atom is 0.417 e. The molecule has 0 bridgehead atoms. The van der Waals surface area contributed by atoms with E-state index in [4.69, 9.17) is 11.0 Å². The van der Waals surface area contributed by atoms with Gasteiger partial charge >= 0.3 is 6.18 Å². The first-order chi connectivity index (χ1) is 16.0. The highest BCUT2D eigenvalue weighted by atomic mass is 19.4. The summed E-state index contributed by atoms with van der Waals surface area (Å²) in [6, 6.07) is 9.82. The topological polar surface area (TPSA) is 90.4 Å². The second-order valence-electron chi connectivity index (χ2n) is 8.86. The number of nitrogens with two attached hydrogens (primary N) is 1. The Bertz CT molecular complexity index is 1170. The summed E-state index contributed by atoms with van der Waals surface area (Å²) in [5, 5.41) is 9.05. The molecule has 4 rings (SSSR count). The molecule has 34 heavy (non-hydrogen) atoms. The largest absolute Gasteiger partial charge is 0.417 e. The molecule has 0 saturated carbocycles. The number of rotatable bonds is 3. The number of piperidine rings is 1. The minimum absolute atomic E-state index is 0.0150. The number of primary amides is 1. The van der Waals surface area contributed by atoms with Crippen LogP contribution in [0.15, 0.2) is 42.5 Å². The molecule has 10 heteroatoms. The number of hydrogen-bond acceptors (Lipinski definition) is 4. The van der Waals surface area contributed by atoms with Gasteiger partial charge in [-0.05, 0) is 55.0 Å². The van der Waals surface area contributed by atoms with Crippen LogP contribution in [-0.4, -0.2) is 42.4 Å². The lowest BCUT2D eigenvalue weighted by molar-refractivity contribution is -0.137. The summed E-state index contributed by atoms with van der Waals surface area (Å²) in [5.41, 5.74) is 3.75. The Morgan fingerprint density at radius 1 is 1.12 bits per heavy atom. The van der Waals surface area contributed by atoms with E-state index < -0.39 is 46.4 Å². The first kappa shape index (κ1) is 23.5. The van der Waals surface area contributed by atoms with Crippen LogP contribution >= 0.6 is 0 Å². The van der Waals surface area contributed by atoms with Crippen molar-refractivity contribution in [3.05, 3.63) is 65.0 Å². The molecule has 0 aliphatic carbocycles. The van der Waals surface area contributed by atoms with Crippen molar-refractivity contribution in [2.45, 2.75) is 31.5 Å². The standard InChI is InChI=1S/C24H22F4N4O2/c25-19-4-2-1-3-17(19)22(34)31-9-7-23(8-10-31)12-20(21(30)33)32(14-23)16-6-5-15(13-29)18(11-16)24(26,27)28/h1-6,11,20H,7-10,12,14H2,(H2,30,33). The number of benzene rings is 2. The smallest absolute Gasteiger partial charge is 0.368 e. The molecule has 0 aromatic heterocycles. The molecule has 2 N–H and O–H groups in total. The predicted octanol–water partition coefficient (Wildman–Crippen LogP) is 3.70. The molecule has 2 saturated heterocycles. The van der Waals surface area contributed by atoms with Gasteiger partial charge in [0.15, 0.2) is 0 Å². The molecule has 2 fully saturated rings. The highest BCUT2D eigenvalue weighted by Crippen LogP contribution is 2.46. The summed E-state index contributed by atoms with van der Waals surface area (Å²) in [5.74, 6) is -1.68. The lowest BCUT2D eigenvalue weighted by Crippen LogP contribution is -2.44. The van der Waals surface area contributed by atoms with E-state index in [1.54, 1.807) is 21.9 Å². The van der Waals surface area contributed by atoms with E-state index in [9.17, 15) is 27.2 Å². The number of carbonyl (C=O) groups excluding carboxylic acids is 2. The molecule has 1 unspecified atom stereocenters. The third-order valence-electron chi connectivity index (χ3n) is 6.81. The highest BCUT2D eigenvalue weighted by Gasteiger charge is 2.48. The van der Waals surface area contributed by atoms with Crippen LogP contribution in [0.4, 0.5) is 23.2 Å². The lowest BCUT2D eigenvalue weighted by Gasteiger charge is -2.39. The average molecular weight is 474 g/mol. The van der Waals surface area contributed by atoms with Gasteiger partial charge in [0, 0.05) is 25.3 Å². The number of halogens is 4. The van der Waals surface area contributed by atoms with Crippen LogP contribution < -0.4 is 10.6 Å². The van der Waals surface area contributed by atoms with Crippen LogP contribution in [0.2, 0.25) is 0 Å². The first-order valence-corrected chi connectivity index (χ1v) is 10.8. The fourth-order valence-corrected chi connectivity index (χ4v) is 4.98. The van der Waals surface area contributed by atoms with Gasteiger partial charge in [-0.2, -0.15) is 18.4 Å². The molecule has 2 aliphatic heterocycles. The van der Waals surface area contributed by atoms with Crippen molar-refractivity contribution >= 4 is 17.5 Å². The number of alkyl halides is 3. The third-order valence-corrected chi connectivity index (χ3v) is 6.81. The van der Waals surface area contributed by atoms with Crippen molar-refractivity contribution in [3.63, 3.8) is 0 Å². The van der Waals surface area contributed by atoms with Crippen LogP contribution in [0.3, 0.4) is 0 Å². The summed E-state index contributed by atoms with van der Waals surface area (Å²) >= 11 is 0. The van der Waals surface area contributed by atoms with Crippen LogP contribution in [0.5, 0.6) is 0 Å². The summed E-state index contributed by atoms with van der Waals surface area (Å²) in [6.45, 7) is 0.937. The molecular formula is C24H22F4N4O2. The Kier molecular flexibility index (Phi) is 5.98. The fraction of sp³-hybridized carbons (Fsp3) is 0.375. The Morgan fingerprint density at radius 2 is 1.79 bits per heavy atom. The third kappa shape index (κ3) is 4.30. The van der Waals surface area contributed by atoms with Crippen LogP contribution in [0.1, 0.15) is 40.7 Å². The fourth-order valence-electron chi connectivity index (χ4n) is 4.98. The maximum absolute atomic E-state index is 14.0. The summed E-state index contributed by atoms with van der Waals surface area (Å²) in [4.78, 5) is 28.1. The van der Waals surface area contributed by atoms with Gasteiger partial charge in [0.25, 0.3) is 5.91 Å². The molecule has 2 aliphatic rings. The predicted molar refractivity (Wildman–Crippen MR) is 115 cm³/mol. The van der Waals surface area contributed by atoms with Crippen LogP contribution in [0, 0.1) is 22.6 Å². The highest BCUT2D eigenvalue weighted by molar-refractivity contribution is 5.94. The molecule has 1 atom stereocenters. The zero-order chi connectivity index (χ0) is 24.7. The second-order valence-corrected chi connectivity index (χ2v) is 8.86. The van der Waals surface area contributed by atoms with E-state index in [2.05, 4.69) is 0 Å². The molecule has 2 amide bonds. The number of nitriles is 1. The molecule has 178 valence electrons. The minimum atomic E-state index is -4.72. The Hall–Kier alpha value is -3.61. The van der Waals surface area contributed by atoms with E-state index in [0.717, 1.165) is 12.1 Å². The summed E-state index contributed by atoms with van der Waals surface area (Å²) in [7, 11) is 0. The molecule has 6 nitrogen and oxygen atoms in total. The van der Waals surface area contributed by atoms with Crippen molar-refractivity contribution in [1.29, 1.82) is 5.26 Å². The van der Waals surface area contributed by atoms with Crippen molar-refractivity contribution in [1.82, 2.24) is 4.90 Å². The van der Waals surface area contributed by atoms with Crippen molar-refractivity contribution in [2.75, 3.05) is 24.5 Å². The zero-order valence-corrected chi connectivity index (χ0v) is 18.1. The maximum atomic E-state index is 14.0. The van der Waals surface area contributed by atoms with Gasteiger partial charge in [-0.1, -0.05) is 12.1 Å². The number of nitrogens with zero attached hydrogens (tertiary/aromatic N) is 3. The van der Waals surface area contributed by atoms with Crippen molar-refractivity contribution < 1.29 is 27.2 Å². The molecule has 2 aromatic rings. The number of likely N-dealkylation sites (tertiary alicyclic amines) is 1. The van der Waals surface area contributed by atoms with Crippen molar-refractivity contribution in [2.24, 2.45) is 11.1 Å². The number of anilines is 1. The Balaban J connectivity index is 1.56. The van der Waals surface area contributed by atoms with Gasteiger partial charge in [-0.25, -0.2) is 4.39 Å². The molecule has 2 aromatic carbocycles. The SMILES string of the molecule is N#Cc1ccc(N2CC3(CCN(C(=O)c4ccccc4F)CC3)CC2C(N)=O)cc1C(F)(F)F. The van der Waals surface area contributed by atoms with Crippen LogP contribution in [-0.2, 0) is 11.0 Å². The van der Waals surface area contributed by atoms with Gasteiger partial charge in [-0.3, -0.25) is 9.59 Å². The minimum Gasteiger partial charge on any atom is -0.368 e. The first-order valence-electron chi connectivity index (χ1n) is 10.8. The zero-order valence-electron chi connectivity index (χ0n) is 18.1. The number of carbonyl (C=O) groups is 2. The lowest BCUT2D eigenvalue weighted by atomic mass is 9.76. The van der Waals surface area contributed by atoms with Crippen molar-refractivity contribution in [3.8, 4) is 6.07 Å². The molecule has 1 spiro atoms. The second kappa shape index (κ2) is 8.63. The molecule has 0 radical (unpaired) electrons. The quantitative estimate of drug-likeness (QED) is 0.687. The number of hydrogen-bond donors (Lipinski definition) is 1. The van der Waals surface area contributed by atoms with Gasteiger partial charge in [0.1, 0.15) is 11.9 Å². The van der Waals surface area contributed by atoms with E-state index in [1.807, 2.05) is 0 Å². The summed E-state index contributed by atoms with van der Waals surface area (Å²) < 4.78 is 54.4. The van der Waals surface area contributed by atoms with Crippen LogP contribution in [0.25, 0.3) is 0 Å². The van der Waals surface area contributed by atoms with Gasteiger partial charge in [0.2, 0.25) is 5.91 Å². The number of amides is 2. The Labute approximate surface area is 193 Å². The van der Waals surface area contributed by atoms with E-state index in [-0.39, 0.29) is 17.8 Å². The van der Waals surface area contributed by atoms with Gasteiger partial charge in [-0.15, -0.1) is 0 Å². The van der Waals surface area contributed by atoms with E-state index in [0.29, 0.717) is 32.4 Å². The summed E-state index contributed by atoms with van der Waals surface area (Å²) in [6.07, 6.45) is -3.39. The average Bonchev–Trinajstić information content (AvgIpc) is 3.18. The molecule has 2 heterocycles. The normalized spacial score (nSPS) is 19.8. The van der Waals surface area contributed by atoms with E-state index in [1.165, 1.54) is 24.3 Å². The molecular weight excluding hydrogens is 452 g/mol. The monoisotopic (exact) mass is 474 g/mol.